The Bertz CT molecular complexity index is 544. The van der Waals surface area contributed by atoms with Gasteiger partial charge in [-0.15, -0.1) is 0 Å². The fourth-order valence-electron chi connectivity index (χ4n) is 2.65. The number of benzene rings is 1. The highest BCUT2D eigenvalue weighted by Gasteiger charge is 2.27. The minimum absolute atomic E-state index is 0.0384. The zero-order valence-corrected chi connectivity index (χ0v) is 14.0. The molecule has 0 aromatic heterocycles. The second kappa shape index (κ2) is 7.07. The molecule has 0 aliphatic carbocycles. The number of anilines is 1. The van der Waals surface area contributed by atoms with Crippen molar-refractivity contribution < 1.29 is 14.3 Å². The van der Waals surface area contributed by atoms with E-state index in [4.69, 9.17) is 4.74 Å². The Morgan fingerprint density at radius 2 is 2.19 bits per heavy atom. The van der Waals surface area contributed by atoms with Crippen molar-refractivity contribution in [3.05, 3.63) is 28.2 Å². The molecule has 0 radical (unpaired) electrons. The normalized spacial score (nSPS) is 18.4. The number of hydrogen-bond acceptors (Lipinski definition) is 4. The Balaban J connectivity index is 2.12. The van der Waals surface area contributed by atoms with Crippen LogP contribution in [-0.2, 0) is 9.53 Å². The van der Waals surface area contributed by atoms with Gasteiger partial charge in [-0.3, -0.25) is 9.59 Å². The van der Waals surface area contributed by atoms with Gasteiger partial charge < -0.3 is 9.64 Å². The predicted octanol–water partition coefficient (Wildman–Crippen LogP) is 3.43. The molecule has 5 heteroatoms. The van der Waals surface area contributed by atoms with Gasteiger partial charge in [-0.25, -0.2) is 0 Å². The number of carbonyl (C=O) groups is 2. The van der Waals surface area contributed by atoms with E-state index in [1.807, 2.05) is 25.1 Å². The molecule has 1 heterocycles. The molecule has 0 amide bonds. The molecular formula is C16H20BrNO3. The van der Waals surface area contributed by atoms with Crippen LogP contribution in [0.5, 0.6) is 0 Å². The molecule has 1 saturated heterocycles. The maximum absolute atomic E-state index is 11.9. The van der Waals surface area contributed by atoms with E-state index in [2.05, 4.69) is 20.8 Å². The lowest BCUT2D eigenvalue weighted by atomic mass is 9.97. The molecule has 1 aromatic carbocycles. The highest BCUT2D eigenvalue weighted by molar-refractivity contribution is 9.10. The minimum Gasteiger partial charge on any atom is -0.466 e. The van der Waals surface area contributed by atoms with Crippen molar-refractivity contribution in [1.82, 2.24) is 0 Å². The molecular weight excluding hydrogens is 334 g/mol. The first kappa shape index (κ1) is 16.0. The van der Waals surface area contributed by atoms with E-state index in [1.54, 1.807) is 6.92 Å². The Morgan fingerprint density at radius 3 is 2.81 bits per heavy atom. The second-order valence-corrected chi connectivity index (χ2v) is 6.11. The maximum atomic E-state index is 11.9. The Kier molecular flexibility index (Phi) is 5.39. The summed E-state index contributed by atoms with van der Waals surface area (Å²) in [6.07, 6.45) is 1.84. The summed E-state index contributed by atoms with van der Waals surface area (Å²) in [7, 11) is 0. The maximum Gasteiger partial charge on any atom is 0.310 e. The van der Waals surface area contributed by atoms with Gasteiger partial charge in [0.05, 0.1) is 12.5 Å². The van der Waals surface area contributed by atoms with Gasteiger partial charge in [-0.05, 0) is 60.8 Å². The first-order valence-electron chi connectivity index (χ1n) is 7.25. The summed E-state index contributed by atoms with van der Waals surface area (Å²) >= 11 is 3.44. The topological polar surface area (TPSA) is 46.6 Å². The smallest absolute Gasteiger partial charge is 0.310 e. The van der Waals surface area contributed by atoms with E-state index in [0.717, 1.165) is 29.5 Å². The van der Waals surface area contributed by atoms with E-state index in [9.17, 15) is 9.59 Å². The zero-order chi connectivity index (χ0) is 15.4. The summed E-state index contributed by atoms with van der Waals surface area (Å²) in [4.78, 5) is 25.5. The summed E-state index contributed by atoms with van der Waals surface area (Å²) in [5, 5.41) is 0. The molecule has 1 atom stereocenters. The molecule has 0 N–H and O–H groups in total. The lowest BCUT2D eigenvalue weighted by molar-refractivity contribution is -0.148. The highest BCUT2D eigenvalue weighted by Crippen LogP contribution is 2.28. The molecule has 1 fully saturated rings. The third-order valence-corrected chi connectivity index (χ3v) is 4.39. The van der Waals surface area contributed by atoms with Gasteiger partial charge in [-0.2, -0.15) is 0 Å². The van der Waals surface area contributed by atoms with E-state index < -0.39 is 0 Å². The average Bonchev–Trinajstić information content (AvgIpc) is 2.47. The van der Waals surface area contributed by atoms with Gasteiger partial charge in [0.1, 0.15) is 0 Å². The molecule has 2 rings (SSSR count). The first-order chi connectivity index (χ1) is 10.0. The van der Waals surface area contributed by atoms with Crippen LogP contribution < -0.4 is 4.90 Å². The van der Waals surface area contributed by atoms with Crippen LogP contribution in [-0.4, -0.2) is 31.4 Å². The highest BCUT2D eigenvalue weighted by atomic mass is 79.9. The van der Waals surface area contributed by atoms with Crippen molar-refractivity contribution in [3.8, 4) is 0 Å². The standard InChI is InChI=1S/C16H20BrNO3/c1-3-21-16(20)12-5-4-8-18(10-12)13-6-7-14(11(2)19)15(17)9-13/h6-7,9,12H,3-5,8,10H2,1-2H3. The van der Waals surface area contributed by atoms with E-state index in [-0.39, 0.29) is 17.7 Å². The Morgan fingerprint density at radius 1 is 1.43 bits per heavy atom. The number of rotatable bonds is 4. The molecule has 4 nitrogen and oxygen atoms in total. The van der Waals surface area contributed by atoms with Crippen molar-refractivity contribution in [2.75, 3.05) is 24.6 Å². The van der Waals surface area contributed by atoms with Crippen molar-refractivity contribution in [2.24, 2.45) is 5.92 Å². The van der Waals surface area contributed by atoms with Crippen molar-refractivity contribution in [1.29, 1.82) is 0 Å². The number of Topliss-reactive ketones (excluding diaryl/α,β-unsaturated/α-hetero) is 1. The van der Waals surface area contributed by atoms with Crippen LogP contribution in [0.2, 0.25) is 0 Å². The van der Waals surface area contributed by atoms with Crippen LogP contribution in [0.4, 0.5) is 5.69 Å². The van der Waals surface area contributed by atoms with Crippen molar-refractivity contribution in [2.45, 2.75) is 26.7 Å². The second-order valence-electron chi connectivity index (χ2n) is 5.26. The molecule has 0 spiro atoms. The molecule has 114 valence electrons. The molecule has 1 aliphatic rings. The lowest BCUT2D eigenvalue weighted by Gasteiger charge is -2.33. The number of halogens is 1. The van der Waals surface area contributed by atoms with Crippen LogP contribution in [0.15, 0.2) is 22.7 Å². The summed E-state index contributed by atoms with van der Waals surface area (Å²) in [5.41, 5.74) is 1.71. The van der Waals surface area contributed by atoms with Crippen molar-refractivity contribution >= 4 is 33.4 Å². The van der Waals surface area contributed by atoms with E-state index >= 15 is 0 Å². The van der Waals surface area contributed by atoms with E-state index in [1.165, 1.54) is 0 Å². The molecule has 0 saturated carbocycles. The first-order valence-corrected chi connectivity index (χ1v) is 8.04. The fourth-order valence-corrected chi connectivity index (χ4v) is 3.30. The summed E-state index contributed by atoms with van der Waals surface area (Å²) < 4.78 is 5.92. The van der Waals surface area contributed by atoms with Crippen molar-refractivity contribution in [3.63, 3.8) is 0 Å². The SMILES string of the molecule is CCOC(=O)C1CCCN(c2ccc(C(C)=O)c(Br)c2)C1. The molecule has 0 bridgehead atoms. The fraction of sp³-hybridized carbons (Fsp3) is 0.500. The van der Waals surface area contributed by atoms with Crippen LogP contribution in [0.25, 0.3) is 0 Å². The Labute approximate surface area is 133 Å². The number of carbonyl (C=O) groups excluding carboxylic acids is 2. The number of esters is 1. The van der Waals surface area contributed by atoms with Gasteiger partial charge in [0, 0.05) is 28.8 Å². The zero-order valence-electron chi connectivity index (χ0n) is 12.4. The average molecular weight is 354 g/mol. The van der Waals surface area contributed by atoms with Crippen LogP contribution >= 0.6 is 15.9 Å². The Hall–Kier alpha value is -1.36. The predicted molar refractivity (Wildman–Crippen MR) is 85.7 cm³/mol. The van der Waals surface area contributed by atoms with Gasteiger partial charge >= 0.3 is 5.97 Å². The number of piperidine rings is 1. The number of ether oxygens (including phenoxy) is 1. The third kappa shape index (κ3) is 3.84. The summed E-state index contributed by atoms with van der Waals surface area (Å²) in [6.45, 7) is 5.40. The number of nitrogens with zero attached hydrogens (tertiary/aromatic N) is 1. The largest absolute Gasteiger partial charge is 0.466 e. The van der Waals surface area contributed by atoms with Crippen LogP contribution in [0.3, 0.4) is 0 Å². The monoisotopic (exact) mass is 353 g/mol. The quantitative estimate of drug-likeness (QED) is 0.614. The molecule has 1 unspecified atom stereocenters. The van der Waals surface area contributed by atoms with Gasteiger partial charge in [0.2, 0.25) is 0 Å². The number of hydrogen-bond donors (Lipinski definition) is 0. The van der Waals surface area contributed by atoms with Gasteiger partial charge in [-0.1, -0.05) is 0 Å². The molecule has 1 aromatic rings. The number of ketones is 1. The van der Waals surface area contributed by atoms with Gasteiger partial charge in [0.15, 0.2) is 5.78 Å². The van der Waals surface area contributed by atoms with Crippen LogP contribution in [0, 0.1) is 5.92 Å². The summed E-state index contributed by atoms with van der Waals surface area (Å²) in [5.74, 6) is -0.136. The van der Waals surface area contributed by atoms with Gasteiger partial charge in [0.25, 0.3) is 0 Å². The van der Waals surface area contributed by atoms with Crippen LogP contribution in [0.1, 0.15) is 37.0 Å². The third-order valence-electron chi connectivity index (χ3n) is 3.74. The van der Waals surface area contributed by atoms with E-state index in [0.29, 0.717) is 18.7 Å². The molecule has 21 heavy (non-hydrogen) atoms. The summed E-state index contributed by atoms with van der Waals surface area (Å²) in [6, 6.07) is 5.72. The minimum atomic E-state index is -0.110. The lowest BCUT2D eigenvalue weighted by Crippen LogP contribution is -2.39. The molecule has 1 aliphatic heterocycles.